The van der Waals surface area contributed by atoms with Gasteiger partial charge in [0.05, 0.1) is 13.2 Å². The lowest BCUT2D eigenvalue weighted by Crippen LogP contribution is -2.16. The smallest absolute Gasteiger partial charge is 0.305 e. The molecule has 1 unspecified atom stereocenters. The third-order valence-electron chi connectivity index (χ3n) is 6.07. The van der Waals surface area contributed by atoms with Crippen molar-refractivity contribution in [2.24, 2.45) is 11.8 Å². The van der Waals surface area contributed by atoms with Gasteiger partial charge < -0.3 is 14.6 Å². The topological polar surface area (TPSA) is 55.8 Å². The van der Waals surface area contributed by atoms with Crippen LogP contribution in [0.15, 0.2) is 30.4 Å². The van der Waals surface area contributed by atoms with Crippen molar-refractivity contribution < 1.29 is 19.4 Å². The molecule has 156 valence electrons. The Morgan fingerprint density at radius 2 is 2.28 bits per heavy atom. The standard InChI is InChI=1S/C25H32O4/c1-4-5-9-17(2)10-6-13-19-21(26)16-22-24(19)20-14-7-11-18(25(20)29-22)12-8-15-23(27)28-3/h6-7,11,13-14,17,19,21-22,24,26H,8-10,12,15-16H2,1-3H3/b13-6+/t17?,19-,21+,22-,24-/m0/s1. The molecule has 4 nitrogen and oxygen atoms in total. The number of carbonyl (C=O) groups is 1. The lowest BCUT2D eigenvalue weighted by Gasteiger charge is -2.17. The second kappa shape index (κ2) is 9.98. The lowest BCUT2D eigenvalue weighted by molar-refractivity contribution is -0.140. The van der Waals surface area contributed by atoms with Crippen LogP contribution in [0.2, 0.25) is 0 Å². The average molecular weight is 397 g/mol. The van der Waals surface area contributed by atoms with Gasteiger partial charge in [-0.1, -0.05) is 37.3 Å². The Kier molecular flexibility index (Phi) is 7.39. The summed E-state index contributed by atoms with van der Waals surface area (Å²) in [5.74, 6) is 7.66. The number of fused-ring (bicyclic) bond motifs is 3. The van der Waals surface area contributed by atoms with Crippen molar-refractivity contribution in [3.63, 3.8) is 0 Å². The first-order valence-electron chi connectivity index (χ1n) is 10.6. The van der Waals surface area contributed by atoms with E-state index in [0.717, 1.165) is 37.0 Å². The van der Waals surface area contributed by atoms with Gasteiger partial charge in [0.1, 0.15) is 11.9 Å². The number of hydrogen-bond acceptors (Lipinski definition) is 4. The van der Waals surface area contributed by atoms with Gasteiger partial charge in [-0.15, -0.1) is 11.8 Å². The van der Waals surface area contributed by atoms with Crippen molar-refractivity contribution >= 4 is 5.97 Å². The molecule has 4 heteroatoms. The van der Waals surface area contributed by atoms with Gasteiger partial charge in [-0.05, 0) is 37.7 Å². The Morgan fingerprint density at radius 1 is 1.45 bits per heavy atom. The molecule has 1 aromatic rings. The summed E-state index contributed by atoms with van der Waals surface area (Å²) in [6.07, 6.45) is 8.53. The van der Waals surface area contributed by atoms with Crippen LogP contribution < -0.4 is 4.74 Å². The monoisotopic (exact) mass is 396 g/mol. The normalized spacial score (nSPS) is 25.7. The summed E-state index contributed by atoms with van der Waals surface area (Å²) >= 11 is 0. The predicted octanol–water partition coefficient (Wildman–Crippen LogP) is 4.40. The SMILES string of the molecule is CC#CCC(C)C/C=C/[C@@H]1[C@H]2c3cccc(CCCC(=O)OC)c3O[C@H]2C[C@H]1O. The molecule has 0 radical (unpaired) electrons. The number of benzene rings is 1. The van der Waals surface area contributed by atoms with E-state index < -0.39 is 0 Å². The minimum absolute atomic E-state index is 0.0276. The molecule has 5 atom stereocenters. The molecule has 0 bridgehead atoms. The van der Waals surface area contributed by atoms with Gasteiger partial charge in [-0.25, -0.2) is 0 Å². The molecule has 1 aromatic carbocycles. The summed E-state index contributed by atoms with van der Waals surface area (Å²) in [6.45, 7) is 4.08. The molecule has 1 aliphatic heterocycles. The van der Waals surface area contributed by atoms with E-state index in [4.69, 9.17) is 9.47 Å². The molecule has 2 aliphatic rings. The van der Waals surface area contributed by atoms with Crippen LogP contribution in [-0.4, -0.2) is 30.4 Å². The zero-order valence-corrected chi connectivity index (χ0v) is 17.7. The summed E-state index contributed by atoms with van der Waals surface area (Å²) in [4.78, 5) is 11.4. The molecule has 1 fully saturated rings. The lowest BCUT2D eigenvalue weighted by atomic mass is 9.86. The molecule has 1 saturated carbocycles. The summed E-state index contributed by atoms with van der Waals surface area (Å²) in [5.41, 5.74) is 2.34. The van der Waals surface area contributed by atoms with E-state index in [0.29, 0.717) is 18.8 Å². The van der Waals surface area contributed by atoms with Gasteiger partial charge in [0.15, 0.2) is 0 Å². The first-order chi connectivity index (χ1) is 14.0. The first-order valence-corrected chi connectivity index (χ1v) is 10.6. The highest BCUT2D eigenvalue weighted by molar-refractivity contribution is 5.69. The molecule has 29 heavy (non-hydrogen) atoms. The molecule has 0 amide bonds. The van der Waals surface area contributed by atoms with Gasteiger partial charge in [0, 0.05) is 36.7 Å². The van der Waals surface area contributed by atoms with E-state index >= 15 is 0 Å². The number of aliphatic hydroxyl groups is 1. The molecule has 1 N–H and O–H groups in total. The van der Waals surface area contributed by atoms with Crippen molar-refractivity contribution in [2.45, 2.75) is 70.5 Å². The van der Waals surface area contributed by atoms with E-state index in [1.54, 1.807) is 0 Å². The largest absolute Gasteiger partial charge is 0.489 e. The third kappa shape index (κ3) is 5.03. The van der Waals surface area contributed by atoms with Crippen LogP contribution in [0.3, 0.4) is 0 Å². The van der Waals surface area contributed by atoms with Crippen molar-refractivity contribution in [3.8, 4) is 17.6 Å². The summed E-state index contributed by atoms with van der Waals surface area (Å²) in [5, 5.41) is 10.6. The van der Waals surface area contributed by atoms with E-state index in [-0.39, 0.29) is 30.0 Å². The number of esters is 1. The number of allylic oxidation sites excluding steroid dienone is 1. The number of para-hydroxylation sites is 1. The van der Waals surface area contributed by atoms with E-state index in [2.05, 4.69) is 49.1 Å². The number of rotatable bonds is 8. The Morgan fingerprint density at radius 3 is 3.03 bits per heavy atom. The zero-order valence-electron chi connectivity index (χ0n) is 17.7. The summed E-state index contributed by atoms with van der Waals surface area (Å²) < 4.78 is 11.0. The summed E-state index contributed by atoms with van der Waals surface area (Å²) in [7, 11) is 1.42. The first kappa shape index (κ1) is 21.5. The average Bonchev–Trinajstić information content (AvgIpc) is 3.22. The molecule has 0 saturated heterocycles. The van der Waals surface area contributed by atoms with Crippen LogP contribution in [0.1, 0.15) is 63.0 Å². The number of hydrogen-bond donors (Lipinski definition) is 1. The number of aryl methyl sites for hydroxylation is 1. The van der Waals surface area contributed by atoms with Crippen LogP contribution in [0.5, 0.6) is 5.75 Å². The molecule has 3 rings (SSSR count). The van der Waals surface area contributed by atoms with E-state index in [1.165, 1.54) is 12.7 Å². The Labute approximate surface area is 174 Å². The highest BCUT2D eigenvalue weighted by Gasteiger charge is 2.48. The maximum atomic E-state index is 11.4. The molecular weight excluding hydrogens is 364 g/mol. The second-order valence-corrected chi connectivity index (χ2v) is 8.23. The minimum atomic E-state index is -0.372. The quantitative estimate of drug-likeness (QED) is 0.402. The number of methoxy groups -OCH3 is 1. The maximum absolute atomic E-state index is 11.4. The fourth-order valence-electron chi connectivity index (χ4n) is 4.52. The van der Waals surface area contributed by atoms with Gasteiger partial charge in [-0.2, -0.15) is 0 Å². The van der Waals surface area contributed by atoms with Gasteiger partial charge in [0.2, 0.25) is 0 Å². The van der Waals surface area contributed by atoms with Crippen molar-refractivity contribution in [1.29, 1.82) is 0 Å². The van der Waals surface area contributed by atoms with Crippen LogP contribution in [0, 0.1) is 23.7 Å². The Hall–Kier alpha value is -2.25. The molecule has 1 heterocycles. The van der Waals surface area contributed by atoms with Crippen LogP contribution in [-0.2, 0) is 16.0 Å². The Balaban J connectivity index is 1.69. The minimum Gasteiger partial charge on any atom is -0.489 e. The maximum Gasteiger partial charge on any atom is 0.305 e. The van der Waals surface area contributed by atoms with Gasteiger partial charge in [-0.3, -0.25) is 4.79 Å². The number of aliphatic hydroxyl groups excluding tert-OH is 1. The fourth-order valence-corrected chi connectivity index (χ4v) is 4.52. The highest BCUT2D eigenvalue weighted by Crippen LogP contribution is 2.52. The molecule has 1 aliphatic carbocycles. The van der Waals surface area contributed by atoms with Crippen molar-refractivity contribution in [3.05, 3.63) is 41.5 Å². The van der Waals surface area contributed by atoms with E-state index in [9.17, 15) is 9.90 Å². The summed E-state index contributed by atoms with van der Waals surface area (Å²) in [6, 6.07) is 6.27. The fraction of sp³-hybridized carbons (Fsp3) is 0.560. The molecular formula is C25H32O4. The molecule has 0 aromatic heterocycles. The number of ether oxygens (including phenoxy) is 2. The number of carbonyl (C=O) groups excluding carboxylic acids is 1. The van der Waals surface area contributed by atoms with Crippen molar-refractivity contribution in [1.82, 2.24) is 0 Å². The highest BCUT2D eigenvalue weighted by atomic mass is 16.5. The van der Waals surface area contributed by atoms with Gasteiger partial charge >= 0.3 is 5.97 Å². The third-order valence-corrected chi connectivity index (χ3v) is 6.07. The predicted molar refractivity (Wildman–Crippen MR) is 114 cm³/mol. The van der Waals surface area contributed by atoms with Gasteiger partial charge in [0.25, 0.3) is 0 Å². The van der Waals surface area contributed by atoms with Crippen LogP contribution in [0.25, 0.3) is 0 Å². The Bertz CT molecular complexity index is 801. The van der Waals surface area contributed by atoms with Crippen molar-refractivity contribution in [2.75, 3.05) is 7.11 Å². The van der Waals surface area contributed by atoms with E-state index in [1.807, 2.05) is 6.92 Å². The zero-order chi connectivity index (χ0) is 20.8. The van der Waals surface area contributed by atoms with Crippen LogP contribution >= 0.6 is 0 Å². The molecule has 0 spiro atoms. The van der Waals surface area contributed by atoms with Crippen LogP contribution in [0.4, 0.5) is 0 Å². The second-order valence-electron chi connectivity index (χ2n) is 8.23.